The van der Waals surface area contributed by atoms with E-state index in [1.54, 1.807) is 42.3 Å². The van der Waals surface area contributed by atoms with Crippen LogP contribution in [0.4, 0.5) is 4.39 Å². The molecule has 0 aliphatic carbocycles. The molecule has 5 nitrogen and oxygen atoms in total. The van der Waals surface area contributed by atoms with Crippen molar-refractivity contribution in [1.29, 1.82) is 0 Å². The molecule has 3 rings (SSSR count). The smallest absolute Gasteiger partial charge is 0.235 e. The third kappa shape index (κ3) is 5.29. The predicted molar refractivity (Wildman–Crippen MR) is 119 cm³/mol. The maximum Gasteiger partial charge on any atom is 0.235 e. The van der Waals surface area contributed by atoms with Gasteiger partial charge in [-0.2, -0.15) is 0 Å². The quantitative estimate of drug-likeness (QED) is 0.360. The second-order valence-electron chi connectivity index (χ2n) is 6.80. The normalized spacial score (nSPS) is 11.9. The van der Waals surface area contributed by atoms with Gasteiger partial charge in [-0.1, -0.05) is 41.6 Å². The van der Waals surface area contributed by atoms with Crippen LogP contribution in [0.5, 0.6) is 0 Å². The van der Waals surface area contributed by atoms with Gasteiger partial charge in [0.25, 0.3) is 0 Å². The predicted octanol–water partition coefficient (Wildman–Crippen LogP) is 5.06. The van der Waals surface area contributed by atoms with E-state index in [0.717, 1.165) is 11.1 Å². The van der Waals surface area contributed by atoms with Crippen LogP contribution in [0.1, 0.15) is 12.5 Å². The molecule has 1 heterocycles. The highest BCUT2D eigenvalue weighted by atomic mass is 35.5. The molecule has 0 saturated heterocycles. The van der Waals surface area contributed by atoms with Gasteiger partial charge in [0.2, 0.25) is 5.91 Å². The molecule has 8 heteroatoms. The molecule has 1 amide bonds. The van der Waals surface area contributed by atoms with Crippen molar-refractivity contribution in [3.63, 3.8) is 0 Å². The van der Waals surface area contributed by atoms with E-state index in [-0.39, 0.29) is 11.7 Å². The molecule has 0 radical (unpaired) electrons. The number of benzene rings is 2. The van der Waals surface area contributed by atoms with Crippen molar-refractivity contribution >= 4 is 29.3 Å². The minimum Gasteiger partial charge on any atom is -0.340 e. The van der Waals surface area contributed by atoms with Crippen LogP contribution >= 0.6 is 23.4 Å². The van der Waals surface area contributed by atoms with Gasteiger partial charge >= 0.3 is 0 Å². The number of rotatable bonds is 8. The maximum absolute atomic E-state index is 13.4. The Balaban J connectivity index is 1.75. The molecule has 2 aromatic carbocycles. The Labute approximate surface area is 184 Å². The van der Waals surface area contributed by atoms with Crippen molar-refractivity contribution in [3.05, 3.63) is 77.6 Å². The molecule has 0 saturated carbocycles. The summed E-state index contributed by atoms with van der Waals surface area (Å²) in [6.45, 7) is 6.47. The number of nitrogens with zero attached hydrogens (tertiary/aromatic N) is 4. The number of carbonyl (C=O) groups excluding carboxylic acids is 1. The fraction of sp³-hybridized carbons (Fsp3) is 0.227. The maximum atomic E-state index is 13.4. The zero-order valence-corrected chi connectivity index (χ0v) is 18.3. The van der Waals surface area contributed by atoms with Crippen molar-refractivity contribution in [2.45, 2.75) is 30.4 Å². The van der Waals surface area contributed by atoms with Crippen molar-refractivity contribution in [2.75, 3.05) is 7.05 Å². The van der Waals surface area contributed by atoms with Crippen molar-refractivity contribution in [3.8, 4) is 11.4 Å². The first kappa shape index (κ1) is 22.1. The summed E-state index contributed by atoms with van der Waals surface area (Å²) < 4.78 is 15.3. The Morgan fingerprint density at radius 2 is 2.03 bits per heavy atom. The third-order valence-corrected chi connectivity index (χ3v) is 5.77. The van der Waals surface area contributed by atoms with Crippen LogP contribution in [-0.4, -0.2) is 37.9 Å². The van der Waals surface area contributed by atoms with Crippen LogP contribution in [0, 0.1) is 5.82 Å². The number of halogens is 2. The van der Waals surface area contributed by atoms with Gasteiger partial charge < -0.3 is 4.90 Å². The van der Waals surface area contributed by atoms with Crippen molar-refractivity contribution in [1.82, 2.24) is 19.7 Å². The van der Waals surface area contributed by atoms with Gasteiger partial charge in [0.05, 0.1) is 5.25 Å². The van der Waals surface area contributed by atoms with Gasteiger partial charge in [0, 0.05) is 30.7 Å². The Hall–Kier alpha value is -2.64. The molecule has 1 aromatic heterocycles. The molecule has 0 bridgehead atoms. The lowest BCUT2D eigenvalue weighted by Crippen LogP contribution is -2.33. The van der Waals surface area contributed by atoms with Crippen LogP contribution in [0.25, 0.3) is 11.4 Å². The van der Waals surface area contributed by atoms with Gasteiger partial charge in [0.1, 0.15) is 5.82 Å². The Morgan fingerprint density at radius 3 is 2.70 bits per heavy atom. The monoisotopic (exact) mass is 444 g/mol. The summed E-state index contributed by atoms with van der Waals surface area (Å²) in [7, 11) is 1.71. The molecule has 1 unspecified atom stereocenters. The number of hydrogen-bond acceptors (Lipinski definition) is 4. The summed E-state index contributed by atoms with van der Waals surface area (Å²) in [6.07, 6.45) is 1.76. The summed E-state index contributed by atoms with van der Waals surface area (Å²) in [4.78, 5) is 14.4. The molecule has 1 atom stereocenters. The lowest BCUT2D eigenvalue weighted by molar-refractivity contribution is -0.129. The fourth-order valence-electron chi connectivity index (χ4n) is 2.99. The van der Waals surface area contributed by atoms with Gasteiger partial charge in [0.15, 0.2) is 11.0 Å². The average Bonchev–Trinajstić information content (AvgIpc) is 3.10. The molecule has 30 heavy (non-hydrogen) atoms. The lowest BCUT2D eigenvalue weighted by Gasteiger charge is -2.21. The topological polar surface area (TPSA) is 51.0 Å². The first-order valence-electron chi connectivity index (χ1n) is 9.35. The molecule has 0 N–H and O–H groups in total. The summed E-state index contributed by atoms with van der Waals surface area (Å²) in [5.41, 5.74) is 1.62. The minimum absolute atomic E-state index is 0.0783. The van der Waals surface area contributed by atoms with Crippen molar-refractivity contribution < 1.29 is 9.18 Å². The van der Waals surface area contributed by atoms with E-state index < -0.39 is 5.25 Å². The van der Waals surface area contributed by atoms with E-state index in [1.165, 1.54) is 23.9 Å². The number of aromatic nitrogens is 3. The Morgan fingerprint density at radius 1 is 1.30 bits per heavy atom. The Bertz CT molecular complexity index is 1040. The molecular weight excluding hydrogens is 423 g/mol. The SMILES string of the molecule is C=CCn1c(SC(C)C(=O)N(C)Cc2cccc(F)c2)nnc1-c1ccc(Cl)cc1. The number of carbonyl (C=O) groups is 1. The van der Waals surface area contributed by atoms with E-state index >= 15 is 0 Å². The van der Waals surface area contributed by atoms with E-state index in [2.05, 4.69) is 16.8 Å². The second kappa shape index (κ2) is 9.91. The second-order valence-corrected chi connectivity index (χ2v) is 8.54. The van der Waals surface area contributed by atoms with Crippen LogP contribution < -0.4 is 0 Å². The molecule has 0 aliphatic rings. The van der Waals surface area contributed by atoms with E-state index in [0.29, 0.717) is 29.1 Å². The number of thioether (sulfide) groups is 1. The van der Waals surface area contributed by atoms with Gasteiger partial charge in [-0.25, -0.2) is 4.39 Å². The van der Waals surface area contributed by atoms with Crippen LogP contribution in [-0.2, 0) is 17.9 Å². The van der Waals surface area contributed by atoms with Gasteiger partial charge in [-0.05, 0) is 48.9 Å². The zero-order chi connectivity index (χ0) is 21.7. The lowest BCUT2D eigenvalue weighted by atomic mass is 10.2. The summed E-state index contributed by atoms with van der Waals surface area (Å²) in [5.74, 6) is 0.287. The standard InChI is InChI=1S/C22H22ClFN4OS/c1-4-12-28-20(17-8-10-18(23)11-9-17)25-26-22(28)30-15(2)21(29)27(3)14-16-6-5-7-19(24)13-16/h4-11,13,15H,1,12,14H2,2-3H3. The number of allylic oxidation sites excluding steroid dienone is 1. The number of hydrogen-bond donors (Lipinski definition) is 0. The Kier molecular flexibility index (Phi) is 7.29. The first-order valence-corrected chi connectivity index (χ1v) is 10.6. The molecular formula is C22H22ClFN4OS. The van der Waals surface area contributed by atoms with E-state index in [4.69, 9.17) is 11.6 Å². The average molecular weight is 445 g/mol. The third-order valence-electron chi connectivity index (χ3n) is 4.45. The van der Waals surface area contributed by atoms with E-state index in [9.17, 15) is 9.18 Å². The first-order chi connectivity index (χ1) is 14.4. The molecule has 3 aromatic rings. The largest absolute Gasteiger partial charge is 0.340 e. The molecule has 0 fully saturated rings. The van der Waals surface area contributed by atoms with Gasteiger partial charge in [-0.3, -0.25) is 9.36 Å². The van der Waals surface area contributed by atoms with E-state index in [1.807, 2.05) is 23.6 Å². The summed E-state index contributed by atoms with van der Waals surface area (Å²) in [5, 5.41) is 9.46. The molecule has 0 spiro atoms. The van der Waals surface area contributed by atoms with Crippen molar-refractivity contribution in [2.24, 2.45) is 0 Å². The molecule has 0 aliphatic heterocycles. The van der Waals surface area contributed by atoms with Gasteiger partial charge in [-0.15, -0.1) is 16.8 Å². The highest BCUT2D eigenvalue weighted by molar-refractivity contribution is 8.00. The number of amides is 1. The van der Waals surface area contributed by atoms with Crippen LogP contribution in [0.15, 0.2) is 66.3 Å². The summed E-state index contributed by atoms with van der Waals surface area (Å²) in [6, 6.07) is 13.6. The molecule has 156 valence electrons. The zero-order valence-electron chi connectivity index (χ0n) is 16.8. The highest BCUT2D eigenvalue weighted by Crippen LogP contribution is 2.28. The van der Waals surface area contributed by atoms with Crippen LogP contribution in [0.2, 0.25) is 5.02 Å². The highest BCUT2D eigenvalue weighted by Gasteiger charge is 2.23. The fourth-order valence-corrected chi connectivity index (χ4v) is 4.09. The summed E-state index contributed by atoms with van der Waals surface area (Å²) >= 11 is 7.31. The van der Waals surface area contributed by atoms with Crippen LogP contribution in [0.3, 0.4) is 0 Å². The minimum atomic E-state index is -0.394.